The summed E-state index contributed by atoms with van der Waals surface area (Å²) in [6, 6.07) is 16.6. The van der Waals surface area contributed by atoms with Gasteiger partial charge in [0.05, 0.1) is 5.57 Å². The number of hydrogen-bond donors (Lipinski definition) is 1. The second kappa shape index (κ2) is 10.9. The number of aliphatic hydroxyl groups excluding tert-OH is 1. The van der Waals surface area contributed by atoms with E-state index in [-0.39, 0.29) is 21.8 Å². The molecule has 3 heterocycles. The number of hydrogen-bond acceptors (Lipinski definition) is 9. The Labute approximate surface area is 241 Å². The van der Waals surface area contributed by atoms with E-state index in [0.29, 0.717) is 39.8 Å². The van der Waals surface area contributed by atoms with Gasteiger partial charge in [0.15, 0.2) is 15.8 Å². The van der Waals surface area contributed by atoms with E-state index in [2.05, 4.69) is 10.2 Å². The average molecular weight is 596 g/mol. The second-order valence-corrected chi connectivity index (χ2v) is 11.4. The maximum Gasteiger partial charge on any atom is 0.301 e. The number of nitrogens with zero attached hydrogens (tertiary/aromatic N) is 3. The van der Waals surface area contributed by atoms with Crippen molar-refractivity contribution in [2.45, 2.75) is 16.1 Å². The molecular formula is C28H19ClFN3O5S2. The fourth-order valence-electron chi connectivity index (χ4n) is 4.48. The first kappa shape index (κ1) is 26.3. The first-order valence-corrected chi connectivity index (χ1v) is 14.3. The molecule has 202 valence electrons. The van der Waals surface area contributed by atoms with Gasteiger partial charge in [0.2, 0.25) is 5.13 Å². The molecular weight excluding hydrogens is 577 g/mol. The average Bonchev–Trinajstić information content (AvgIpc) is 3.54. The van der Waals surface area contributed by atoms with Crippen molar-refractivity contribution in [3.63, 3.8) is 0 Å². The Hall–Kier alpha value is -3.93. The number of fused-ring (bicyclic) bond motifs is 1. The molecule has 1 unspecified atom stereocenters. The number of carbonyl (C=O) groups excluding carboxylic acids is 2. The summed E-state index contributed by atoms with van der Waals surface area (Å²) in [5, 5.41) is 20.4. The van der Waals surface area contributed by atoms with E-state index in [1.54, 1.807) is 24.3 Å². The molecule has 0 bridgehead atoms. The predicted molar refractivity (Wildman–Crippen MR) is 150 cm³/mol. The minimum Gasteiger partial charge on any atom is -0.507 e. The lowest BCUT2D eigenvalue weighted by molar-refractivity contribution is -0.132. The Morgan fingerprint density at radius 2 is 1.80 bits per heavy atom. The van der Waals surface area contributed by atoms with Gasteiger partial charge in [-0.15, -0.1) is 10.2 Å². The van der Waals surface area contributed by atoms with Crippen molar-refractivity contribution in [1.82, 2.24) is 10.2 Å². The third kappa shape index (κ3) is 4.80. The van der Waals surface area contributed by atoms with Crippen molar-refractivity contribution in [3.8, 4) is 11.5 Å². The minimum absolute atomic E-state index is 0.0289. The van der Waals surface area contributed by atoms with Crippen LogP contribution in [0.25, 0.3) is 5.76 Å². The van der Waals surface area contributed by atoms with Crippen LogP contribution < -0.4 is 14.4 Å². The van der Waals surface area contributed by atoms with Gasteiger partial charge in [0.25, 0.3) is 5.78 Å². The molecule has 6 rings (SSSR count). The number of benzene rings is 3. The van der Waals surface area contributed by atoms with Crippen LogP contribution in [0, 0.1) is 5.82 Å². The second-order valence-electron chi connectivity index (χ2n) is 8.78. The monoisotopic (exact) mass is 595 g/mol. The number of amides is 1. The molecule has 1 N–H and O–H groups in total. The number of aromatic nitrogens is 2. The van der Waals surface area contributed by atoms with E-state index >= 15 is 4.39 Å². The van der Waals surface area contributed by atoms with Gasteiger partial charge in [0, 0.05) is 21.9 Å². The Morgan fingerprint density at radius 3 is 2.60 bits per heavy atom. The summed E-state index contributed by atoms with van der Waals surface area (Å²) in [5.41, 5.74) is 0.877. The molecule has 40 heavy (non-hydrogen) atoms. The van der Waals surface area contributed by atoms with Crippen LogP contribution in [0.3, 0.4) is 0 Å². The largest absolute Gasteiger partial charge is 0.507 e. The molecule has 8 nitrogen and oxygen atoms in total. The number of ether oxygens (including phenoxy) is 2. The summed E-state index contributed by atoms with van der Waals surface area (Å²) in [4.78, 5) is 27.9. The zero-order valence-electron chi connectivity index (χ0n) is 20.5. The fraction of sp³-hybridized carbons (Fsp3) is 0.143. The summed E-state index contributed by atoms with van der Waals surface area (Å²) in [6.45, 7) is 0.710. The highest BCUT2D eigenvalue weighted by Crippen LogP contribution is 2.45. The molecule has 1 aromatic heterocycles. The SMILES string of the molecule is O=C1C(=O)N(c2nnc(SCc3ccccc3Cl)s2)C(c2ccccc2F)/C1=C(\O)c1ccc2c(c1)OCCO2. The number of ketones is 1. The van der Waals surface area contributed by atoms with Crippen molar-refractivity contribution in [1.29, 1.82) is 0 Å². The maximum absolute atomic E-state index is 15.2. The number of carbonyl (C=O) groups is 2. The lowest BCUT2D eigenvalue weighted by Crippen LogP contribution is -2.29. The summed E-state index contributed by atoms with van der Waals surface area (Å²) in [5.74, 6) is -1.66. The highest BCUT2D eigenvalue weighted by Gasteiger charge is 2.49. The Bertz CT molecular complexity index is 1680. The normalized spacial score (nSPS) is 17.9. The van der Waals surface area contributed by atoms with E-state index < -0.39 is 29.3 Å². The van der Waals surface area contributed by atoms with Gasteiger partial charge < -0.3 is 14.6 Å². The van der Waals surface area contributed by atoms with Crippen molar-refractivity contribution in [2.75, 3.05) is 18.1 Å². The van der Waals surface area contributed by atoms with Crippen LogP contribution >= 0.6 is 34.7 Å². The van der Waals surface area contributed by atoms with Crippen LogP contribution in [0.1, 0.15) is 22.7 Å². The molecule has 0 spiro atoms. The van der Waals surface area contributed by atoms with Gasteiger partial charge in [-0.2, -0.15) is 0 Å². The number of thioether (sulfide) groups is 1. The number of aliphatic hydroxyl groups is 1. The highest BCUT2D eigenvalue weighted by molar-refractivity contribution is 8.00. The number of Topliss-reactive ketones (excluding diaryl/α,β-unsaturated/α-hetero) is 1. The Morgan fingerprint density at radius 1 is 1.05 bits per heavy atom. The molecule has 0 radical (unpaired) electrons. The molecule has 1 amide bonds. The first-order valence-electron chi connectivity index (χ1n) is 12.1. The Balaban J connectivity index is 1.40. The van der Waals surface area contributed by atoms with E-state index in [1.807, 2.05) is 18.2 Å². The molecule has 4 aromatic rings. The summed E-state index contributed by atoms with van der Waals surface area (Å²) in [6.07, 6.45) is 0. The molecule has 3 aromatic carbocycles. The third-order valence-corrected chi connectivity index (χ3v) is 8.84. The molecule has 0 aliphatic carbocycles. The van der Waals surface area contributed by atoms with E-state index in [1.165, 1.54) is 36.0 Å². The van der Waals surface area contributed by atoms with Gasteiger partial charge in [-0.25, -0.2) is 4.39 Å². The molecule has 12 heteroatoms. The molecule has 1 fully saturated rings. The van der Waals surface area contributed by atoms with Gasteiger partial charge in [-0.3, -0.25) is 14.5 Å². The van der Waals surface area contributed by atoms with Gasteiger partial charge in [-0.1, -0.05) is 71.1 Å². The van der Waals surface area contributed by atoms with Gasteiger partial charge >= 0.3 is 5.91 Å². The predicted octanol–water partition coefficient (Wildman–Crippen LogP) is 6.02. The minimum atomic E-state index is -1.27. The van der Waals surface area contributed by atoms with Crippen LogP contribution in [0.15, 0.2) is 76.6 Å². The van der Waals surface area contributed by atoms with Crippen molar-refractivity contribution in [3.05, 3.63) is 99.8 Å². The number of rotatable bonds is 6. The zero-order valence-corrected chi connectivity index (χ0v) is 22.9. The highest BCUT2D eigenvalue weighted by atomic mass is 35.5. The van der Waals surface area contributed by atoms with E-state index in [9.17, 15) is 14.7 Å². The lowest BCUT2D eigenvalue weighted by atomic mass is 9.95. The summed E-state index contributed by atoms with van der Waals surface area (Å²) in [7, 11) is 0. The smallest absolute Gasteiger partial charge is 0.301 e. The van der Waals surface area contributed by atoms with E-state index in [0.717, 1.165) is 21.8 Å². The van der Waals surface area contributed by atoms with Crippen LogP contribution in [-0.2, 0) is 15.3 Å². The summed E-state index contributed by atoms with van der Waals surface area (Å²) < 4.78 is 26.8. The van der Waals surface area contributed by atoms with Crippen LogP contribution in [0.2, 0.25) is 5.02 Å². The fourth-order valence-corrected chi connectivity index (χ4v) is 6.63. The lowest BCUT2D eigenvalue weighted by Gasteiger charge is -2.23. The standard InChI is InChI=1S/C28H19ClFN3O5S2/c29-18-7-3-1-5-16(18)14-39-28-32-31-27(40-28)33-23(17-6-2-4-8-19(17)30)22(25(35)26(33)36)24(34)15-9-10-20-21(13-15)38-12-11-37-20/h1-10,13,23,34H,11-12,14H2/b24-22+. The zero-order chi connectivity index (χ0) is 27.8. The third-order valence-electron chi connectivity index (χ3n) is 6.37. The van der Waals surface area contributed by atoms with Crippen LogP contribution in [0.4, 0.5) is 9.52 Å². The summed E-state index contributed by atoms with van der Waals surface area (Å²) >= 11 is 8.70. The topological polar surface area (TPSA) is 102 Å². The van der Waals surface area contributed by atoms with E-state index in [4.69, 9.17) is 21.1 Å². The van der Waals surface area contributed by atoms with Gasteiger partial charge in [-0.05, 0) is 35.9 Å². The number of halogens is 2. The Kier molecular flexibility index (Phi) is 7.18. The van der Waals surface area contributed by atoms with Crippen molar-refractivity contribution >= 4 is 57.3 Å². The molecule has 1 saturated heterocycles. The van der Waals surface area contributed by atoms with Crippen LogP contribution in [-0.4, -0.2) is 40.2 Å². The quantitative estimate of drug-likeness (QED) is 0.0949. The molecule has 2 aliphatic rings. The van der Waals surface area contributed by atoms with Gasteiger partial charge in [0.1, 0.15) is 30.8 Å². The maximum atomic E-state index is 15.2. The molecule has 0 saturated carbocycles. The van der Waals surface area contributed by atoms with Crippen molar-refractivity contribution in [2.24, 2.45) is 0 Å². The molecule has 2 aliphatic heterocycles. The first-order chi connectivity index (χ1) is 19.4. The van der Waals surface area contributed by atoms with Crippen molar-refractivity contribution < 1.29 is 28.6 Å². The van der Waals surface area contributed by atoms with Crippen LogP contribution in [0.5, 0.6) is 11.5 Å². The molecule has 1 atom stereocenters. The number of anilines is 1.